The Balaban J connectivity index is 2.34. The van der Waals surface area contributed by atoms with E-state index >= 15 is 0 Å². The van der Waals surface area contributed by atoms with E-state index in [1.807, 2.05) is 0 Å². The van der Waals surface area contributed by atoms with E-state index in [0.717, 1.165) is 6.07 Å². The first-order valence-electron chi connectivity index (χ1n) is 5.36. The Morgan fingerprint density at radius 3 is 2.74 bits per heavy atom. The van der Waals surface area contributed by atoms with Gasteiger partial charge in [-0.2, -0.15) is 8.42 Å². The van der Waals surface area contributed by atoms with E-state index in [9.17, 15) is 12.8 Å². The second-order valence-corrected chi connectivity index (χ2v) is 5.35. The van der Waals surface area contributed by atoms with Crippen molar-refractivity contribution in [2.75, 3.05) is 4.72 Å². The standard InChI is InChI=1S/C12H11FN2O3S/c13-11-5-2-6-14-12(11)19(17,18)15-10-4-1-3-9(7-10)8-16/h1-7,15-16H,8H2. The summed E-state index contributed by atoms with van der Waals surface area (Å²) >= 11 is 0. The van der Waals surface area contributed by atoms with Crippen LogP contribution in [0.3, 0.4) is 0 Å². The Labute approximate surface area is 109 Å². The Hall–Kier alpha value is -1.99. The fraction of sp³-hybridized carbons (Fsp3) is 0.0833. The van der Waals surface area contributed by atoms with Crippen molar-refractivity contribution in [1.82, 2.24) is 4.98 Å². The molecule has 0 saturated heterocycles. The molecule has 1 aromatic heterocycles. The third-order valence-corrected chi connectivity index (χ3v) is 3.65. The van der Waals surface area contributed by atoms with E-state index in [-0.39, 0.29) is 12.3 Å². The van der Waals surface area contributed by atoms with Crippen molar-refractivity contribution in [3.8, 4) is 0 Å². The number of nitrogens with one attached hydrogen (secondary N) is 1. The Kier molecular flexibility index (Phi) is 3.77. The summed E-state index contributed by atoms with van der Waals surface area (Å²) in [6.45, 7) is -0.215. The second kappa shape index (κ2) is 5.33. The molecule has 0 bridgehead atoms. The van der Waals surface area contributed by atoms with Crippen LogP contribution in [0.1, 0.15) is 5.56 Å². The fourth-order valence-corrected chi connectivity index (χ4v) is 2.56. The monoisotopic (exact) mass is 282 g/mol. The summed E-state index contributed by atoms with van der Waals surface area (Å²) in [7, 11) is -4.09. The predicted octanol–water partition coefficient (Wildman–Crippen LogP) is 1.51. The normalized spacial score (nSPS) is 11.3. The number of pyridine rings is 1. The maximum atomic E-state index is 13.4. The Morgan fingerprint density at radius 2 is 2.05 bits per heavy atom. The number of rotatable bonds is 4. The highest BCUT2D eigenvalue weighted by atomic mass is 32.2. The molecule has 2 rings (SSSR count). The van der Waals surface area contributed by atoms with Gasteiger partial charge in [0.2, 0.25) is 5.03 Å². The molecule has 5 nitrogen and oxygen atoms in total. The molecular weight excluding hydrogens is 271 g/mol. The zero-order valence-electron chi connectivity index (χ0n) is 9.75. The van der Waals surface area contributed by atoms with Gasteiger partial charge in [-0.3, -0.25) is 4.72 Å². The number of sulfonamides is 1. The van der Waals surface area contributed by atoms with Crippen molar-refractivity contribution in [1.29, 1.82) is 0 Å². The van der Waals surface area contributed by atoms with Crippen LogP contribution in [0.15, 0.2) is 47.6 Å². The van der Waals surface area contributed by atoms with E-state index in [4.69, 9.17) is 5.11 Å². The Morgan fingerprint density at radius 1 is 1.26 bits per heavy atom. The lowest BCUT2D eigenvalue weighted by Crippen LogP contribution is -2.16. The van der Waals surface area contributed by atoms with Gasteiger partial charge in [-0.1, -0.05) is 12.1 Å². The number of benzene rings is 1. The topological polar surface area (TPSA) is 79.3 Å². The molecule has 1 aromatic carbocycles. The number of aliphatic hydroxyl groups is 1. The van der Waals surface area contributed by atoms with Crippen LogP contribution < -0.4 is 4.72 Å². The number of hydrogen-bond donors (Lipinski definition) is 2. The van der Waals surface area contributed by atoms with Gasteiger partial charge in [-0.15, -0.1) is 0 Å². The highest BCUT2D eigenvalue weighted by Crippen LogP contribution is 2.17. The molecule has 0 radical (unpaired) electrons. The van der Waals surface area contributed by atoms with Gasteiger partial charge in [0.15, 0.2) is 5.82 Å². The minimum atomic E-state index is -4.09. The van der Waals surface area contributed by atoms with Crippen LogP contribution in [0.5, 0.6) is 0 Å². The molecule has 7 heteroatoms. The third-order valence-electron chi connectivity index (χ3n) is 2.34. The number of aliphatic hydroxyl groups excluding tert-OH is 1. The molecule has 0 aliphatic heterocycles. The van der Waals surface area contributed by atoms with Gasteiger partial charge in [-0.25, -0.2) is 9.37 Å². The SMILES string of the molecule is O=S(=O)(Nc1cccc(CO)c1)c1ncccc1F. The number of halogens is 1. The van der Waals surface area contributed by atoms with Crippen LogP contribution in [-0.4, -0.2) is 18.5 Å². The lowest BCUT2D eigenvalue weighted by atomic mass is 10.2. The Bertz CT molecular complexity index is 689. The van der Waals surface area contributed by atoms with E-state index in [0.29, 0.717) is 5.56 Å². The number of aromatic nitrogens is 1. The summed E-state index contributed by atoms with van der Waals surface area (Å²) in [5.41, 5.74) is 0.776. The minimum absolute atomic E-state index is 0.215. The van der Waals surface area contributed by atoms with Gasteiger partial charge in [0, 0.05) is 11.9 Å². The quantitative estimate of drug-likeness (QED) is 0.891. The molecule has 0 aliphatic carbocycles. The summed E-state index contributed by atoms with van der Waals surface area (Å²) < 4.78 is 39.5. The lowest BCUT2D eigenvalue weighted by Gasteiger charge is -2.08. The van der Waals surface area contributed by atoms with E-state index in [1.54, 1.807) is 12.1 Å². The molecule has 100 valence electrons. The average Bonchev–Trinajstić information content (AvgIpc) is 2.38. The first kappa shape index (κ1) is 13.4. The van der Waals surface area contributed by atoms with Crippen LogP contribution in [-0.2, 0) is 16.6 Å². The molecule has 1 heterocycles. The number of nitrogens with zero attached hydrogens (tertiary/aromatic N) is 1. The van der Waals surface area contributed by atoms with Gasteiger partial charge in [0.1, 0.15) is 0 Å². The molecule has 0 amide bonds. The van der Waals surface area contributed by atoms with Crippen molar-refractivity contribution in [2.24, 2.45) is 0 Å². The van der Waals surface area contributed by atoms with E-state index < -0.39 is 20.9 Å². The van der Waals surface area contributed by atoms with Gasteiger partial charge >= 0.3 is 0 Å². The summed E-state index contributed by atoms with van der Waals surface area (Å²) in [6, 6.07) is 8.50. The summed E-state index contributed by atoms with van der Waals surface area (Å²) in [6.07, 6.45) is 1.20. The summed E-state index contributed by atoms with van der Waals surface area (Å²) in [5.74, 6) is -0.923. The first-order valence-corrected chi connectivity index (χ1v) is 6.84. The molecule has 0 saturated carbocycles. The van der Waals surface area contributed by atoms with Crippen LogP contribution in [0.2, 0.25) is 0 Å². The van der Waals surface area contributed by atoms with Gasteiger partial charge in [-0.05, 0) is 29.8 Å². The lowest BCUT2D eigenvalue weighted by molar-refractivity contribution is 0.282. The van der Waals surface area contributed by atoms with Crippen LogP contribution >= 0.6 is 0 Å². The van der Waals surface area contributed by atoms with Crippen LogP contribution in [0, 0.1) is 5.82 Å². The molecule has 0 unspecified atom stereocenters. The average molecular weight is 282 g/mol. The van der Waals surface area contributed by atoms with Gasteiger partial charge in [0.25, 0.3) is 10.0 Å². The molecule has 19 heavy (non-hydrogen) atoms. The van der Waals surface area contributed by atoms with Gasteiger partial charge < -0.3 is 5.11 Å². The molecular formula is C12H11FN2O3S. The van der Waals surface area contributed by atoms with E-state index in [2.05, 4.69) is 9.71 Å². The first-order chi connectivity index (χ1) is 9.03. The second-order valence-electron chi connectivity index (χ2n) is 3.75. The molecule has 0 aliphatic rings. The summed E-state index contributed by atoms with van der Waals surface area (Å²) in [4.78, 5) is 3.51. The highest BCUT2D eigenvalue weighted by Gasteiger charge is 2.20. The largest absolute Gasteiger partial charge is 0.392 e. The number of hydrogen-bond acceptors (Lipinski definition) is 4. The van der Waals surface area contributed by atoms with Crippen molar-refractivity contribution in [3.63, 3.8) is 0 Å². The maximum absolute atomic E-state index is 13.4. The smallest absolute Gasteiger partial charge is 0.282 e. The molecule has 0 atom stereocenters. The highest BCUT2D eigenvalue weighted by molar-refractivity contribution is 7.92. The molecule has 2 N–H and O–H groups in total. The molecule has 0 fully saturated rings. The fourth-order valence-electron chi connectivity index (χ4n) is 1.51. The summed E-state index contributed by atoms with van der Waals surface area (Å²) in [5, 5.41) is 8.31. The zero-order valence-corrected chi connectivity index (χ0v) is 10.6. The third kappa shape index (κ3) is 3.07. The minimum Gasteiger partial charge on any atom is -0.392 e. The number of anilines is 1. The molecule has 2 aromatic rings. The van der Waals surface area contributed by atoms with Crippen molar-refractivity contribution < 1.29 is 17.9 Å². The van der Waals surface area contributed by atoms with Crippen LogP contribution in [0.4, 0.5) is 10.1 Å². The van der Waals surface area contributed by atoms with Crippen molar-refractivity contribution in [3.05, 3.63) is 54.0 Å². The molecule has 0 spiro atoms. The van der Waals surface area contributed by atoms with Crippen LogP contribution in [0.25, 0.3) is 0 Å². The zero-order chi connectivity index (χ0) is 13.9. The van der Waals surface area contributed by atoms with Crippen molar-refractivity contribution >= 4 is 15.7 Å². The van der Waals surface area contributed by atoms with Gasteiger partial charge in [0.05, 0.1) is 6.61 Å². The van der Waals surface area contributed by atoms with Crippen molar-refractivity contribution in [2.45, 2.75) is 11.6 Å². The van der Waals surface area contributed by atoms with E-state index in [1.165, 1.54) is 24.4 Å². The predicted molar refractivity (Wildman–Crippen MR) is 67.4 cm³/mol. The maximum Gasteiger partial charge on any atom is 0.282 e.